The molecule has 120 valence electrons. The van der Waals surface area contributed by atoms with Crippen LogP contribution in [-0.4, -0.2) is 47.2 Å². The van der Waals surface area contributed by atoms with Gasteiger partial charge in [-0.1, -0.05) is 0 Å². The number of nitrogens with one attached hydrogen (secondary N) is 1. The molecule has 1 fully saturated rings. The van der Waals surface area contributed by atoms with E-state index in [9.17, 15) is 14.9 Å². The molecule has 1 aliphatic rings. The topological polar surface area (TPSA) is 75.5 Å². The Kier molecular flexibility index (Phi) is 5.79. The van der Waals surface area contributed by atoms with Crippen LogP contribution in [0.25, 0.3) is 0 Å². The lowest BCUT2D eigenvalue weighted by Gasteiger charge is -2.27. The third-order valence-electron chi connectivity index (χ3n) is 3.81. The van der Waals surface area contributed by atoms with E-state index in [0.717, 1.165) is 30.8 Å². The fourth-order valence-electron chi connectivity index (χ4n) is 2.71. The Morgan fingerprint density at radius 3 is 2.77 bits per heavy atom. The second-order valence-electron chi connectivity index (χ2n) is 5.40. The molecule has 6 nitrogen and oxygen atoms in total. The van der Waals surface area contributed by atoms with E-state index in [1.54, 1.807) is 12.1 Å². The van der Waals surface area contributed by atoms with Crippen molar-refractivity contribution < 1.29 is 9.72 Å². The van der Waals surface area contributed by atoms with Crippen LogP contribution >= 0.6 is 11.8 Å². The molecule has 1 N–H and O–H groups in total. The summed E-state index contributed by atoms with van der Waals surface area (Å²) in [5.74, 6) is 0.140. The fourth-order valence-corrected chi connectivity index (χ4v) is 3.65. The van der Waals surface area contributed by atoms with E-state index in [4.69, 9.17) is 0 Å². The van der Waals surface area contributed by atoms with Crippen molar-refractivity contribution in [2.75, 3.05) is 20.1 Å². The summed E-state index contributed by atoms with van der Waals surface area (Å²) in [4.78, 5) is 25.6. The molecule has 0 aromatic heterocycles. The quantitative estimate of drug-likeness (QED) is 0.494. The van der Waals surface area contributed by atoms with Crippen LogP contribution < -0.4 is 5.32 Å². The van der Waals surface area contributed by atoms with Crippen LogP contribution in [0, 0.1) is 10.1 Å². The third kappa shape index (κ3) is 3.98. The number of carbonyl (C=O) groups excluding carboxylic acids is 1. The third-order valence-corrected chi connectivity index (χ3v) is 4.91. The summed E-state index contributed by atoms with van der Waals surface area (Å²) in [6.07, 6.45) is 2.09. The van der Waals surface area contributed by atoms with Gasteiger partial charge in [-0.15, -0.1) is 11.8 Å². The van der Waals surface area contributed by atoms with E-state index >= 15 is 0 Å². The van der Waals surface area contributed by atoms with Crippen LogP contribution in [0.3, 0.4) is 0 Å². The van der Waals surface area contributed by atoms with E-state index in [1.165, 1.54) is 23.9 Å². The molecular formula is C15H21N3O3S. The highest BCUT2D eigenvalue weighted by Gasteiger charge is 2.31. The van der Waals surface area contributed by atoms with Crippen molar-refractivity contribution in [3.63, 3.8) is 0 Å². The molecule has 0 aliphatic carbocycles. The zero-order chi connectivity index (χ0) is 16.1. The molecule has 2 unspecified atom stereocenters. The maximum Gasteiger partial charge on any atom is 0.269 e. The number of rotatable bonds is 6. The molecule has 0 saturated carbocycles. The lowest BCUT2D eigenvalue weighted by atomic mass is 10.2. The highest BCUT2D eigenvalue weighted by Crippen LogP contribution is 2.28. The van der Waals surface area contributed by atoms with Gasteiger partial charge in [-0.05, 0) is 38.9 Å². The molecule has 1 saturated heterocycles. The molecule has 0 bridgehead atoms. The first kappa shape index (κ1) is 16.8. The maximum atomic E-state index is 12.6. The van der Waals surface area contributed by atoms with Crippen molar-refractivity contribution in [2.24, 2.45) is 0 Å². The van der Waals surface area contributed by atoms with Gasteiger partial charge in [0.1, 0.15) is 0 Å². The number of likely N-dealkylation sites (N-methyl/N-ethyl adjacent to an activating group) is 1. The van der Waals surface area contributed by atoms with Gasteiger partial charge in [-0.25, -0.2) is 0 Å². The van der Waals surface area contributed by atoms with Crippen molar-refractivity contribution in [1.82, 2.24) is 10.2 Å². The normalized spacial score (nSPS) is 19.2. The van der Waals surface area contributed by atoms with E-state index in [0.29, 0.717) is 0 Å². The van der Waals surface area contributed by atoms with Gasteiger partial charge in [-0.3, -0.25) is 14.9 Å². The number of thioether (sulfide) groups is 1. The Bertz CT molecular complexity index is 535. The number of non-ortho nitro benzene ring substituents is 1. The molecule has 22 heavy (non-hydrogen) atoms. The fraction of sp³-hybridized carbons (Fsp3) is 0.533. The van der Waals surface area contributed by atoms with Crippen molar-refractivity contribution in [3.8, 4) is 0 Å². The van der Waals surface area contributed by atoms with Gasteiger partial charge in [0.2, 0.25) is 5.91 Å². The highest BCUT2D eigenvalue weighted by molar-refractivity contribution is 8.00. The van der Waals surface area contributed by atoms with E-state index < -0.39 is 4.92 Å². The van der Waals surface area contributed by atoms with Crippen molar-refractivity contribution >= 4 is 23.4 Å². The number of hydrogen-bond donors (Lipinski definition) is 1. The standard InChI is InChI=1S/C15H21N3O3S/c1-11(15(19)17-9-3-4-13(17)10-16-2)22-14-7-5-12(6-8-14)18(20)21/h5-8,11,13,16H,3-4,9-10H2,1-2H3. The number of likely N-dealkylation sites (tertiary alicyclic amines) is 1. The summed E-state index contributed by atoms with van der Waals surface area (Å²) in [5.41, 5.74) is 0.0666. The number of nitro groups is 1. The Balaban J connectivity index is 1.97. The van der Waals surface area contributed by atoms with Crippen LogP contribution in [0.2, 0.25) is 0 Å². The minimum absolute atomic E-state index is 0.0666. The van der Waals surface area contributed by atoms with E-state index in [-0.39, 0.29) is 22.9 Å². The van der Waals surface area contributed by atoms with Crippen molar-refractivity contribution in [1.29, 1.82) is 0 Å². The summed E-state index contributed by atoms with van der Waals surface area (Å²) in [6, 6.07) is 6.61. The number of hydrogen-bond acceptors (Lipinski definition) is 5. The van der Waals surface area contributed by atoms with Gasteiger partial charge in [0.05, 0.1) is 10.2 Å². The molecule has 1 amide bonds. The summed E-state index contributed by atoms with van der Waals surface area (Å²) in [7, 11) is 1.90. The zero-order valence-corrected chi connectivity index (χ0v) is 13.6. The molecule has 1 heterocycles. The molecule has 0 spiro atoms. The number of nitro benzene ring substituents is 1. The van der Waals surface area contributed by atoms with Crippen LogP contribution in [0.15, 0.2) is 29.2 Å². The van der Waals surface area contributed by atoms with Crippen LogP contribution in [0.5, 0.6) is 0 Å². The molecule has 0 radical (unpaired) electrons. The molecule has 2 rings (SSSR count). The van der Waals surface area contributed by atoms with Gasteiger partial charge in [0.25, 0.3) is 5.69 Å². The summed E-state index contributed by atoms with van der Waals surface area (Å²) < 4.78 is 0. The minimum Gasteiger partial charge on any atom is -0.337 e. The van der Waals surface area contributed by atoms with Gasteiger partial charge in [0, 0.05) is 36.2 Å². The van der Waals surface area contributed by atoms with Gasteiger partial charge in [0.15, 0.2) is 0 Å². The average Bonchev–Trinajstić information content (AvgIpc) is 2.95. The second-order valence-corrected chi connectivity index (χ2v) is 6.81. The predicted octanol–water partition coefficient (Wildman–Crippen LogP) is 2.29. The predicted molar refractivity (Wildman–Crippen MR) is 87.1 cm³/mol. The van der Waals surface area contributed by atoms with Crippen molar-refractivity contribution in [3.05, 3.63) is 34.4 Å². The van der Waals surface area contributed by atoms with Crippen LogP contribution in [0.4, 0.5) is 5.69 Å². The van der Waals surface area contributed by atoms with Gasteiger partial charge < -0.3 is 10.2 Å². The highest BCUT2D eigenvalue weighted by atomic mass is 32.2. The van der Waals surface area contributed by atoms with Gasteiger partial charge in [-0.2, -0.15) is 0 Å². The van der Waals surface area contributed by atoms with Crippen LogP contribution in [-0.2, 0) is 4.79 Å². The molecule has 7 heteroatoms. The lowest BCUT2D eigenvalue weighted by molar-refractivity contribution is -0.384. The number of benzene rings is 1. The van der Waals surface area contributed by atoms with Crippen LogP contribution in [0.1, 0.15) is 19.8 Å². The summed E-state index contributed by atoms with van der Waals surface area (Å²) in [6.45, 7) is 3.53. The smallest absolute Gasteiger partial charge is 0.269 e. The monoisotopic (exact) mass is 323 g/mol. The lowest BCUT2D eigenvalue weighted by Crippen LogP contribution is -2.44. The van der Waals surface area contributed by atoms with Gasteiger partial charge >= 0.3 is 0 Å². The first-order valence-corrected chi connectivity index (χ1v) is 8.27. The largest absolute Gasteiger partial charge is 0.337 e. The summed E-state index contributed by atoms with van der Waals surface area (Å²) in [5, 5.41) is 13.6. The molecule has 1 aliphatic heterocycles. The van der Waals surface area contributed by atoms with Crippen molar-refractivity contribution in [2.45, 2.75) is 36.0 Å². The number of amides is 1. The SMILES string of the molecule is CNCC1CCCN1C(=O)C(C)Sc1ccc([N+](=O)[O-])cc1. The molecule has 1 aromatic carbocycles. The molecule has 2 atom stereocenters. The van der Waals surface area contributed by atoms with E-state index in [2.05, 4.69) is 5.32 Å². The van der Waals surface area contributed by atoms with E-state index in [1.807, 2.05) is 18.9 Å². The average molecular weight is 323 g/mol. The number of nitrogens with zero attached hydrogens (tertiary/aromatic N) is 2. The second kappa shape index (κ2) is 7.60. The summed E-state index contributed by atoms with van der Waals surface area (Å²) >= 11 is 1.44. The Labute approximate surface area is 134 Å². The Morgan fingerprint density at radius 2 is 2.18 bits per heavy atom. The maximum absolute atomic E-state index is 12.6. The molecule has 1 aromatic rings. The minimum atomic E-state index is -0.421. The Morgan fingerprint density at radius 1 is 1.50 bits per heavy atom. The molecular weight excluding hydrogens is 302 g/mol. The zero-order valence-electron chi connectivity index (χ0n) is 12.8. The first-order chi connectivity index (χ1) is 10.5. The number of carbonyl (C=O) groups is 1. The Hall–Kier alpha value is -1.60. The first-order valence-electron chi connectivity index (χ1n) is 7.39.